The Hall–Kier alpha value is -1.66. The van der Waals surface area contributed by atoms with Crippen LogP contribution in [0, 0.1) is 16.6 Å². The lowest BCUT2D eigenvalue weighted by molar-refractivity contribution is 0.0529. The van der Waals surface area contributed by atoms with E-state index in [0.29, 0.717) is 13.0 Å². The number of carbonyl (C=O) groups is 1. The van der Waals surface area contributed by atoms with Crippen LogP contribution in [0.1, 0.15) is 37.7 Å². The summed E-state index contributed by atoms with van der Waals surface area (Å²) in [4.78, 5) is 17.1. The lowest BCUT2D eigenvalue weighted by Crippen LogP contribution is -2.48. The summed E-state index contributed by atoms with van der Waals surface area (Å²) in [5, 5.41) is 13.8. The largest absolute Gasteiger partial charge is 0.392 e. The van der Waals surface area contributed by atoms with E-state index in [9.17, 15) is 14.3 Å². The van der Waals surface area contributed by atoms with Gasteiger partial charge in [-0.05, 0) is 63.4 Å². The predicted octanol–water partition coefficient (Wildman–Crippen LogP) is 2.64. The molecule has 1 aromatic rings. The van der Waals surface area contributed by atoms with Gasteiger partial charge in [-0.2, -0.15) is 0 Å². The van der Waals surface area contributed by atoms with Crippen molar-refractivity contribution in [2.75, 3.05) is 39.8 Å². The van der Waals surface area contributed by atoms with Crippen molar-refractivity contribution in [3.05, 3.63) is 35.6 Å². The number of likely N-dealkylation sites (tertiary alicyclic amines) is 2. The van der Waals surface area contributed by atoms with Crippen LogP contribution in [0.3, 0.4) is 0 Å². The second-order valence-corrected chi connectivity index (χ2v) is 9.39. The Kier molecular flexibility index (Phi) is 5.36. The predicted molar refractivity (Wildman–Crippen MR) is 107 cm³/mol. The van der Waals surface area contributed by atoms with E-state index in [-0.39, 0.29) is 22.7 Å². The summed E-state index contributed by atoms with van der Waals surface area (Å²) >= 11 is 0. The summed E-state index contributed by atoms with van der Waals surface area (Å²) in [6, 6.07) is 6.48. The fourth-order valence-electron chi connectivity index (χ4n) is 5.57. The Morgan fingerprint density at radius 2 is 1.96 bits per heavy atom. The van der Waals surface area contributed by atoms with E-state index in [1.54, 1.807) is 12.1 Å². The Bertz CT molecular complexity index is 712. The highest BCUT2D eigenvalue weighted by Crippen LogP contribution is 2.42. The molecule has 0 bridgehead atoms. The molecule has 0 radical (unpaired) electrons. The maximum atomic E-state index is 13.2. The third-order valence-corrected chi connectivity index (χ3v) is 7.27. The summed E-state index contributed by atoms with van der Waals surface area (Å²) in [5.41, 5.74) is 0.911. The lowest BCUT2D eigenvalue weighted by Gasteiger charge is -2.34. The fourth-order valence-corrected chi connectivity index (χ4v) is 5.57. The van der Waals surface area contributed by atoms with Gasteiger partial charge in [-0.1, -0.05) is 18.6 Å². The van der Waals surface area contributed by atoms with Gasteiger partial charge in [-0.15, -0.1) is 0 Å². The highest BCUT2D eigenvalue weighted by atomic mass is 19.1. The molecule has 5 nitrogen and oxygen atoms in total. The Balaban J connectivity index is 1.38. The normalized spacial score (nSPS) is 33.1. The standard InChI is InChI=1S/C22H32FN3O2/c1-25-11-9-21(15-25)10-12-26(16-21)20(28)24-14-22(8-2-3-19(22)27)13-17-4-6-18(23)7-5-17/h4-7,19,27H,2-3,8-16H2,1H3,(H,24,28). The van der Waals surface area contributed by atoms with Gasteiger partial charge in [0.1, 0.15) is 5.82 Å². The van der Waals surface area contributed by atoms with Crippen molar-refractivity contribution in [3.8, 4) is 0 Å². The summed E-state index contributed by atoms with van der Waals surface area (Å²) in [6.45, 7) is 4.30. The first-order chi connectivity index (χ1) is 13.4. The third kappa shape index (κ3) is 3.90. The van der Waals surface area contributed by atoms with Crippen molar-refractivity contribution in [2.24, 2.45) is 10.8 Å². The topological polar surface area (TPSA) is 55.8 Å². The molecule has 4 rings (SSSR count). The molecule has 6 heteroatoms. The van der Waals surface area contributed by atoms with Crippen LogP contribution in [-0.4, -0.2) is 66.8 Å². The molecule has 1 spiro atoms. The van der Waals surface area contributed by atoms with Crippen LogP contribution >= 0.6 is 0 Å². The lowest BCUT2D eigenvalue weighted by atomic mass is 9.78. The van der Waals surface area contributed by atoms with Gasteiger partial charge in [0, 0.05) is 37.0 Å². The van der Waals surface area contributed by atoms with Gasteiger partial charge < -0.3 is 20.2 Å². The highest BCUT2D eigenvalue weighted by Gasteiger charge is 2.45. The van der Waals surface area contributed by atoms with Gasteiger partial charge in [-0.3, -0.25) is 0 Å². The second kappa shape index (κ2) is 7.64. The second-order valence-electron chi connectivity index (χ2n) is 9.39. The summed E-state index contributed by atoms with van der Waals surface area (Å²) in [5.74, 6) is -0.251. The molecule has 1 aromatic carbocycles. The average Bonchev–Trinajstić information content (AvgIpc) is 3.36. The molecule has 2 aliphatic heterocycles. The molecule has 154 valence electrons. The summed E-state index contributed by atoms with van der Waals surface area (Å²) in [7, 11) is 2.15. The quantitative estimate of drug-likeness (QED) is 0.832. The van der Waals surface area contributed by atoms with E-state index < -0.39 is 6.10 Å². The van der Waals surface area contributed by atoms with Crippen molar-refractivity contribution in [1.82, 2.24) is 15.1 Å². The van der Waals surface area contributed by atoms with Crippen LogP contribution in [0.5, 0.6) is 0 Å². The zero-order valence-electron chi connectivity index (χ0n) is 16.8. The monoisotopic (exact) mass is 389 g/mol. The molecule has 28 heavy (non-hydrogen) atoms. The molecule has 3 atom stereocenters. The van der Waals surface area contributed by atoms with Crippen molar-refractivity contribution in [1.29, 1.82) is 0 Å². The molecule has 2 amide bonds. The number of halogens is 1. The number of hydrogen-bond donors (Lipinski definition) is 2. The average molecular weight is 390 g/mol. The SMILES string of the molecule is CN1CCC2(CCN(C(=O)NCC3(Cc4ccc(F)cc4)CCCC3O)C2)C1. The molecule has 3 fully saturated rings. The van der Waals surface area contributed by atoms with Crippen molar-refractivity contribution in [3.63, 3.8) is 0 Å². The third-order valence-electron chi connectivity index (χ3n) is 7.27. The highest BCUT2D eigenvalue weighted by molar-refractivity contribution is 5.74. The number of amides is 2. The van der Waals surface area contributed by atoms with Crippen LogP contribution in [0.25, 0.3) is 0 Å². The fraction of sp³-hybridized carbons (Fsp3) is 0.682. The minimum atomic E-state index is -0.439. The van der Waals surface area contributed by atoms with Gasteiger partial charge in [0.05, 0.1) is 6.10 Å². The van der Waals surface area contributed by atoms with Gasteiger partial charge in [0.2, 0.25) is 0 Å². The smallest absolute Gasteiger partial charge is 0.317 e. The van der Waals surface area contributed by atoms with Crippen molar-refractivity contribution < 1.29 is 14.3 Å². The molecule has 1 aliphatic carbocycles. The molecular formula is C22H32FN3O2. The van der Waals surface area contributed by atoms with Crippen molar-refractivity contribution >= 4 is 6.03 Å². The number of aliphatic hydroxyl groups is 1. The zero-order chi connectivity index (χ0) is 19.8. The molecule has 1 saturated carbocycles. The summed E-state index contributed by atoms with van der Waals surface area (Å²) in [6.07, 6.45) is 5.05. The molecule has 3 unspecified atom stereocenters. The van der Waals surface area contributed by atoms with Crippen LogP contribution < -0.4 is 5.32 Å². The maximum absolute atomic E-state index is 13.2. The van der Waals surface area contributed by atoms with E-state index in [4.69, 9.17) is 0 Å². The van der Waals surface area contributed by atoms with E-state index in [2.05, 4.69) is 17.3 Å². The van der Waals surface area contributed by atoms with Gasteiger partial charge in [0.15, 0.2) is 0 Å². The summed E-state index contributed by atoms with van der Waals surface area (Å²) < 4.78 is 13.2. The Morgan fingerprint density at radius 3 is 2.61 bits per heavy atom. The molecule has 3 aliphatic rings. The van der Waals surface area contributed by atoms with Gasteiger partial charge >= 0.3 is 6.03 Å². The minimum absolute atomic E-state index is 0.0102. The van der Waals surface area contributed by atoms with Crippen LogP contribution in [0.4, 0.5) is 9.18 Å². The first-order valence-corrected chi connectivity index (χ1v) is 10.5. The minimum Gasteiger partial charge on any atom is -0.392 e. The number of nitrogens with one attached hydrogen (secondary N) is 1. The number of nitrogens with zero attached hydrogens (tertiary/aromatic N) is 2. The Morgan fingerprint density at radius 1 is 1.21 bits per heavy atom. The van der Waals surface area contributed by atoms with Gasteiger partial charge in [-0.25, -0.2) is 9.18 Å². The number of urea groups is 1. The van der Waals surface area contributed by atoms with Crippen LogP contribution in [0.15, 0.2) is 24.3 Å². The van der Waals surface area contributed by atoms with E-state index in [0.717, 1.165) is 57.4 Å². The maximum Gasteiger partial charge on any atom is 0.317 e. The molecular weight excluding hydrogens is 357 g/mol. The van der Waals surface area contributed by atoms with E-state index >= 15 is 0 Å². The molecule has 2 N–H and O–H groups in total. The van der Waals surface area contributed by atoms with Gasteiger partial charge in [0.25, 0.3) is 0 Å². The zero-order valence-corrected chi connectivity index (χ0v) is 16.8. The number of hydrogen-bond acceptors (Lipinski definition) is 3. The first-order valence-electron chi connectivity index (χ1n) is 10.5. The number of rotatable bonds is 4. The molecule has 0 aromatic heterocycles. The number of benzene rings is 1. The number of aliphatic hydroxyl groups excluding tert-OH is 1. The van der Waals surface area contributed by atoms with Crippen LogP contribution in [0.2, 0.25) is 0 Å². The van der Waals surface area contributed by atoms with Crippen LogP contribution in [-0.2, 0) is 6.42 Å². The van der Waals surface area contributed by atoms with E-state index in [1.165, 1.54) is 18.6 Å². The Labute approximate surface area is 166 Å². The number of carbonyl (C=O) groups excluding carboxylic acids is 1. The molecule has 2 saturated heterocycles. The van der Waals surface area contributed by atoms with Crippen molar-refractivity contribution in [2.45, 2.75) is 44.6 Å². The first kappa shape index (κ1) is 19.6. The molecule has 2 heterocycles. The van der Waals surface area contributed by atoms with E-state index in [1.807, 2.05) is 4.90 Å².